The van der Waals surface area contributed by atoms with Crippen LogP contribution in [0, 0.1) is 5.92 Å². The van der Waals surface area contributed by atoms with Crippen LogP contribution in [0.25, 0.3) is 0 Å². The maximum absolute atomic E-state index is 5.73. The molecule has 1 N–H and O–H groups in total. The normalized spacial score (nSPS) is 23.8. The van der Waals surface area contributed by atoms with Crippen LogP contribution in [-0.4, -0.2) is 25.9 Å². The van der Waals surface area contributed by atoms with E-state index >= 15 is 0 Å². The quantitative estimate of drug-likeness (QED) is 0.850. The van der Waals surface area contributed by atoms with E-state index in [2.05, 4.69) is 47.2 Å². The van der Waals surface area contributed by atoms with Crippen LogP contribution in [0.4, 0.5) is 0 Å². The second kappa shape index (κ2) is 7.43. The molecule has 0 radical (unpaired) electrons. The molecule has 1 heterocycles. The molecule has 3 atom stereocenters. The highest BCUT2D eigenvalue weighted by molar-refractivity contribution is 9.10. The van der Waals surface area contributed by atoms with Crippen LogP contribution in [-0.2, 0) is 4.74 Å². The zero-order chi connectivity index (χ0) is 14.5. The number of hydrogen-bond acceptors (Lipinski definition) is 3. The number of hydrogen-bond donors (Lipinski definition) is 1. The van der Waals surface area contributed by atoms with Gasteiger partial charge in [-0.1, -0.05) is 13.0 Å². The fourth-order valence-electron chi connectivity index (χ4n) is 2.84. The predicted octanol–water partition coefficient (Wildman–Crippen LogP) is 3.92. The molecular formula is C16H24BrNO2. The van der Waals surface area contributed by atoms with Crippen LogP contribution in [0.5, 0.6) is 5.75 Å². The molecule has 0 saturated carbocycles. The van der Waals surface area contributed by atoms with E-state index in [4.69, 9.17) is 9.47 Å². The molecule has 3 unspecified atom stereocenters. The first kappa shape index (κ1) is 15.8. The summed E-state index contributed by atoms with van der Waals surface area (Å²) in [6.45, 7) is 8.78. The van der Waals surface area contributed by atoms with Gasteiger partial charge in [-0.3, -0.25) is 0 Å². The first-order chi connectivity index (χ1) is 9.65. The van der Waals surface area contributed by atoms with E-state index in [0.717, 1.165) is 29.8 Å². The molecule has 1 aromatic rings. The minimum absolute atomic E-state index is 0.344. The number of halogens is 1. The number of ether oxygens (including phenoxy) is 2. The maximum Gasteiger partial charge on any atom is 0.133 e. The van der Waals surface area contributed by atoms with Crippen molar-refractivity contribution in [2.24, 2.45) is 5.92 Å². The lowest BCUT2D eigenvalue weighted by molar-refractivity contribution is 0.117. The van der Waals surface area contributed by atoms with E-state index < -0.39 is 0 Å². The van der Waals surface area contributed by atoms with Crippen LogP contribution >= 0.6 is 15.9 Å². The molecule has 112 valence electrons. The predicted molar refractivity (Wildman–Crippen MR) is 85.2 cm³/mol. The summed E-state index contributed by atoms with van der Waals surface area (Å²) in [5, 5.41) is 3.60. The zero-order valence-corrected chi connectivity index (χ0v) is 14.1. The van der Waals surface area contributed by atoms with Gasteiger partial charge in [-0.05, 0) is 60.4 Å². The highest BCUT2D eigenvalue weighted by atomic mass is 79.9. The Morgan fingerprint density at radius 1 is 1.45 bits per heavy atom. The highest BCUT2D eigenvalue weighted by Gasteiger charge is 2.30. The second-order valence-corrected chi connectivity index (χ2v) is 6.15. The smallest absolute Gasteiger partial charge is 0.133 e. The zero-order valence-electron chi connectivity index (χ0n) is 12.5. The molecule has 20 heavy (non-hydrogen) atoms. The molecular weight excluding hydrogens is 318 g/mol. The fourth-order valence-corrected chi connectivity index (χ4v) is 3.35. The molecule has 0 bridgehead atoms. The Kier molecular flexibility index (Phi) is 5.87. The van der Waals surface area contributed by atoms with Gasteiger partial charge < -0.3 is 14.8 Å². The summed E-state index contributed by atoms with van der Waals surface area (Å²) >= 11 is 3.60. The summed E-state index contributed by atoms with van der Waals surface area (Å²) in [6.07, 6.45) is 1.48. The monoisotopic (exact) mass is 341 g/mol. The van der Waals surface area contributed by atoms with Crippen molar-refractivity contribution >= 4 is 15.9 Å². The lowest BCUT2D eigenvalue weighted by Crippen LogP contribution is -2.28. The van der Waals surface area contributed by atoms with E-state index in [1.165, 1.54) is 5.56 Å². The lowest BCUT2D eigenvalue weighted by atomic mass is 9.91. The molecule has 0 aromatic heterocycles. The van der Waals surface area contributed by atoms with Crippen molar-refractivity contribution in [3.05, 3.63) is 28.2 Å². The van der Waals surface area contributed by atoms with Crippen molar-refractivity contribution in [2.45, 2.75) is 39.3 Å². The Hall–Kier alpha value is -0.580. The molecule has 1 saturated heterocycles. The summed E-state index contributed by atoms with van der Waals surface area (Å²) < 4.78 is 12.3. The first-order valence-electron chi connectivity index (χ1n) is 7.42. The van der Waals surface area contributed by atoms with Crippen LogP contribution in [0.1, 0.15) is 38.8 Å². The van der Waals surface area contributed by atoms with E-state index in [0.29, 0.717) is 24.7 Å². The number of rotatable bonds is 6. The molecule has 1 fully saturated rings. The van der Waals surface area contributed by atoms with Crippen LogP contribution in [0.2, 0.25) is 0 Å². The minimum atomic E-state index is 0.344. The standard InChI is InChI=1S/C16H24BrNO2/c1-4-18-16(13-8-11(3)20-10-13)12-6-7-15(19-5-2)14(17)9-12/h6-7,9,11,13,16,18H,4-5,8,10H2,1-3H3. The van der Waals surface area contributed by atoms with Crippen molar-refractivity contribution in [3.63, 3.8) is 0 Å². The molecule has 4 heteroatoms. The van der Waals surface area contributed by atoms with Gasteiger partial charge in [0.1, 0.15) is 5.75 Å². The van der Waals surface area contributed by atoms with Gasteiger partial charge in [0.15, 0.2) is 0 Å². The van der Waals surface area contributed by atoms with Crippen molar-refractivity contribution in [1.82, 2.24) is 5.32 Å². The lowest BCUT2D eigenvalue weighted by Gasteiger charge is -2.24. The second-order valence-electron chi connectivity index (χ2n) is 5.30. The molecule has 0 spiro atoms. The molecule has 0 aliphatic carbocycles. The summed E-state index contributed by atoms with van der Waals surface area (Å²) in [6, 6.07) is 6.72. The topological polar surface area (TPSA) is 30.5 Å². The van der Waals surface area contributed by atoms with Gasteiger partial charge in [0.05, 0.1) is 23.8 Å². The van der Waals surface area contributed by atoms with Gasteiger partial charge in [0.25, 0.3) is 0 Å². The van der Waals surface area contributed by atoms with Gasteiger partial charge in [-0.2, -0.15) is 0 Å². The summed E-state index contributed by atoms with van der Waals surface area (Å²) in [5.41, 5.74) is 1.30. The number of benzene rings is 1. The molecule has 3 nitrogen and oxygen atoms in total. The average molecular weight is 342 g/mol. The largest absolute Gasteiger partial charge is 0.493 e. The van der Waals surface area contributed by atoms with Crippen molar-refractivity contribution < 1.29 is 9.47 Å². The van der Waals surface area contributed by atoms with E-state index in [-0.39, 0.29) is 0 Å². The Morgan fingerprint density at radius 3 is 2.80 bits per heavy atom. The van der Waals surface area contributed by atoms with Crippen LogP contribution < -0.4 is 10.1 Å². The third-order valence-electron chi connectivity index (χ3n) is 3.74. The maximum atomic E-state index is 5.73. The van der Waals surface area contributed by atoms with Crippen molar-refractivity contribution in [2.75, 3.05) is 19.8 Å². The third kappa shape index (κ3) is 3.74. The van der Waals surface area contributed by atoms with Crippen molar-refractivity contribution in [3.8, 4) is 5.75 Å². The van der Waals surface area contributed by atoms with Gasteiger partial charge in [0, 0.05) is 12.0 Å². The SMILES string of the molecule is CCNC(c1ccc(OCC)c(Br)c1)C1COC(C)C1. The molecule has 1 aliphatic heterocycles. The van der Waals surface area contributed by atoms with Gasteiger partial charge in [-0.25, -0.2) is 0 Å². The Labute approximate surface area is 130 Å². The van der Waals surface area contributed by atoms with Gasteiger partial charge in [0.2, 0.25) is 0 Å². The fraction of sp³-hybridized carbons (Fsp3) is 0.625. The highest BCUT2D eigenvalue weighted by Crippen LogP contribution is 2.35. The molecule has 2 rings (SSSR count). The number of nitrogens with one attached hydrogen (secondary N) is 1. The van der Waals surface area contributed by atoms with Crippen LogP contribution in [0.15, 0.2) is 22.7 Å². The summed E-state index contributed by atoms with van der Waals surface area (Å²) in [7, 11) is 0. The third-order valence-corrected chi connectivity index (χ3v) is 4.36. The average Bonchev–Trinajstić information content (AvgIpc) is 2.85. The van der Waals surface area contributed by atoms with E-state index in [1.807, 2.05) is 13.0 Å². The first-order valence-corrected chi connectivity index (χ1v) is 8.22. The minimum Gasteiger partial charge on any atom is -0.493 e. The summed E-state index contributed by atoms with van der Waals surface area (Å²) in [4.78, 5) is 0. The Balaban J connectivity index is 2.18. The Morgan fingerprint density at radius 2 is 2.25 bits per heavy atom. The van der Waals surface area contributed by atoms with Gasteiger partial charge >= 0.3 is 0 Å². The van der Waals surface area contributed by atoms with E-state index in [9.17, 15) is 0 Å². The van der Waals surface area contributed by atoms with Gasteiger partial charge in [-0.15, -0.1) is 0 Å². The molecule has 0 amide bonds. The Bertz CT molecular complexity index is 438. The molecule has 1 aromatic carbocycles. The van der Waals surface area contributed by atoms with Crippen molar-refractivity contribution in [1.29, 1.82) is 0 Å². The van der Waals surface area contributed by atoms with E-state index in [1.54, 1.807) is 0 Å². The molecule has 1 aliphatic rings. The summed E-state index contributed by atoms with van der Waals surface area (Å²) in [5.74, 6) is 1.44. The van der Waals surface area contributed by atoms with Crippen LogP contribution in [0.3, 0.4) is 0 Å².